The smallest absolute Gasteiger partial charge is 0.373 e. The Morgan fingerprint density at radius 1 is 1.30 bits per heavy atom. The molecule has 1 aromatic carbocycles. The van der Waals surface area contributed by atoms with E-state index in [1.807, 2.05) is 30.3 Å². The highest BCUT2D eigenvalue weighted by molar-refractivity contribution is 5.86. The molecule has 9 heteroatoms. The molecule has 9 nitrogen and oxygen atoms in total. The van der Waals surface area contributed by atoms with Crippen molar-refractivity contribution < 1.29 is 38.4 Å². The van der Waals surface area contributed by atoms with Crippen LogP contribution in [0.2, 0.25) is 0 Å². The van der Waals surface area contributed by atoms with Gasteiger partial charge in [0.25, 0.3) is 0 Å². The molecule has 1 amide bonds. The van der Waals surface area contributed by atoms with Crippen LogP contribution in [-0.4, -0.2) is 73.6 Å². The highest BCUT2D eigenvalue weighted by atomic mass is 16.7. The van der Waals surface area contributed by atoms with E-state index in [1.54, 1.807) is 13.8 Å². The maximum Gasteiger partial charge on any atom is 0.373 e. The molecular formula is C24H29NO8. The van der Waals surface area contributed by atoms with Crippen molar-refractivity contribution in [2.45, 2.75) is 57.0 Å². The van der Waals surface area contributed by atoms with Gasteiger partial charge in [0.1, 0.15) is 24.9 Å². The van der Waals surface area contributed by atoms with Crippen LogP contribution in [-0.2, 0) is 33.3 Å². The third-order valence-corrected chi connectivity index (χ3v) is 5.15. The van der Waals surface area contributed by atoms with Crippen LogP contribution in [0.3, 0.4) is 0 Å². The molecule has 0 unspecified atom stereocenters. The van der Waals surface area contributed by atoms with E-state index in [9.17, 15) is 14.7 Å². The molecule has 0 radical (unpaired) electrons. The lowest BCUT2D eigenvalue weighted by molar-refractivity contribution is -0.173. The molecule has 0 aliphatic carbocycles. The number of amides is 1. The highest BCUT2D eigenvalue weighted by Crippen LogP contribution is 2.30. The second-order valence-electron chi connectivity index (χ2n) is 8.13. The number of carbonyl (C=O) groups is 2. The number of aliphatic hydroxyl groups excluding tert-OH is 1. The van der Waals surface area contributed by atoms with Crippen LogP contribution in [0.25, 0.3) is 0 Å². The number of rotatable bonds is 6. The summed E-state index contributed by atoms with van der Waals surface area (Å²) in [5, 5.41) is 13.8. The molecule has 178 valence electrons. The van der Waals surface area contributed by atoms with Gasteiger partial charge in [0.2, 0.25) is 11.7 Å². The van der Waals surface area contributed by atoms with Gasteiger partial charge in [0.15, 0.2) is 11.9 Å². The number of esters is 1. The fourth-order valence-corrected chi connectivity index (χ4v) is 3.64. The predicted molar refractivity (Wildman–Crippen MR) is 117 cm³/mol. The maximum atomic E-state index is 12.2. The number of benzene rings is 1. The molecule has 2 aliphatic rings. The van der Waals surface area contributed by atoms with Gasteiger partial charge >= 0.3 is 5.97 Å². The molecule has 1 fully saturated rings. The van der Waals surface area contributed by atoms with Gasteiger partial charge in [-0.15, -0.1) is 0 Å². The van der Waals surface area contributed by atoms with E-state index in [2.05, 4.69) is 17.2 Å². The van der Waals surface area contributed by atoms with Crippen molar-refractivity contribution in [3.63, 3.8) is 0 Å². The Morgan fingerprint density at radius 2 is 2.03 bits per heavy atom. The zero-order valence-electron chi connectivity index (χ0n) is 19.1. The van der Waals surface area contributed by atoms with Gasteiger partial charge in [-0.05, 0) is 32.1 Å². The van der Waals surface area contributed by atoms with Crippen LogP contribution in [0.4, 0.5) is 0 Å². The summed E-state index contributed by atoms with van der Waals surface area (Å²) in [7, 11) is 1.22. The summed E-state index contributed by atoms with van der Waals surface area (Å²) in [5.74, 6) is 3.78. The summed E-state index contributed by atoms with van der Waals surface area (Å²) < 4.78 is 27.7. The first kappa shape index (κ1) is 24.7. The number of nitrogens with one attached hydrogen (secondary N) is 1. The van der Waals surface area contributed by atoms with E-state index in [-0.39, 0.29) is 24.9 Å². The van der Waals surface area contributed by atoms with E-state index in [1.165, 1.54) is 20.1 Å². The van der Waals surface area contributed by atoms with Crippen LogP contribution in [0.1, 0.15) is 26.3 Å². The summed E-state index contributed by atoms with van der Waals surface area (Å²) in [4.78, 5) is 24.2. The van der Waals surface area contributed by atoms with E-state index < -0.39 is 42.2 Å². The second kappa shape index (κ2) is 10.8. The number of methoxy groups -OCH3 is 1. The lowest BCUT2D eigenvalue weighted by Gasteiger charge is -2.39. The largest absolute Gasteiger partial charge is 0.478 e. The van der Waals surface area contributed by atoms with E-state index >= 15 is 0 Å². The van der Waals surface area contributed by atoms with E-state index in [0.717, 1.165) is 5.56 Å². The average molecular weight is 459 g/mol. The van der Waals surface area contributed by atoms with Gasteiger partial charge in [-0.25, -0.2) is 4.79 Å². The SMILES string of the molecule is COC(=O)C1=C[C@H](OCC#Cc2ccccc2)[C@@H](NC(C)=O)[C@H]([C@H](O)[C@H]2COC(C)(C)O2)O1. The monoisotopic (exact) mass is 459 g/mol. The molecule has 2 heterocycles. The van der Waals surface area contributed by atoms with Crippen LogP contribution in [0.15, 0.2) is 42.2 Å². The third kappa shape index (κ3) is 6.55. The molecular weight excluding hydrogens is 430 g/mol. The van der Waals surface area contributed by atoms with Crippen molar-refractivity contribution in [2.24, 2.45) is 0 Å². The highest BCUT2D eigenvalue weighted by Gasteiger charge is 2.48. The van der Waals surface area contributed by atoms with Gasteiger partial charge < -0.3 is 34.1 Å². The lowest BCUT2D eigenvalue weighted by atomic mass is 9.93. The van der Waals surface area contributed by atoms with E-state index in [0.29, 0.717) is 0 Å². The molecule has 3 rings (SSSR count). The van der Waals surface area contributed by atoms with Crippen LogP contribution in [0, 0.1) is 11.8 Å². The number of aliphatic hydroxyl groups is 1. The molecule has 1 aromatic rings. The Kier molecular flexibility index (Phi) is 8.10. The first-order chi connectivity index (χ1) is 15.7. The lowest BCUT2D eigenvalue weighted by Crippen LogP contribution is -2.60. The number of hydrogen-bond acceptors (Lipinski definition) is 8. The molecule has 1 saturated heterocycles. The van der Waals surface area contributed by atoms with Crippen LogP contribution >= 0.6 is 0 Å². The Bertz CT molecular complexity index is 933. The van der Waals surface area contributed by atoms with Crippen LogP contribution < -0.4 is 5.32 Å². The second-order valence-corrected chi connectivity index (χ2v) is 8.13. The summed E-state index contributed by atoms with van der Waals surface area (Å²) in [6, 6.07) is 8.57. The first-order valence-corrected chi connectivity index (χ1v) is 10.6. The zero-order chi connectivity index (χ0) is 24.0. The summed E-state index contributed by atoms with van der Waals surface area (Å²) >= 11 is 0. The number of hydrogen-bond donors (Lipinski definition) is 2. The first-order valence-electron chi connectivity index (χ1n) is 10.6. The zero-order valence-corrected chi connectivity index (χ0v) is 19.1. The summed E-state index contributed by atoms with van der Waals surface area (Å²) in [5.41, 5.74) is 0.826. The summed E-state index contributed by atoms with van der Waals surface area (Å²) in [6.45, 7) is 4.92. The Balaban J connectivity index is 1.83. The van der Waals surface area contributed by atoms with Crippen molar-refractivity contribution in [3.05, 3.63) is 47.7 Å². The molecule has 33 heavy (non-hydrogen) atoms. The molecule has 0 spiro atoms. The summed E-state index contributed by atoms with van der Waals surface area (Å²) in [6.07, 6.45) is -2.45. The molecule has 2 aliphatic heterocycles. The Morgan fingerprint density at radius 3 is 2.64 bits per heavy atom. The maximum absolute atomic E-state index is 12.2. The molecule has 2 N–H and O–H groups in total. The van der Waals surface area contributed by atoms with Crippen molar-refractivity contribution in [1.29, 1.82) is 0 Å². The van der Waals surface area contributed by atoms with Crippen molar-refractivity contribution in [3.8, 4) is 11.8 Å². The van der Waals surface area contributed by atoms with Crippen molar-refractivity contribution in [2.75, 3.05) is 20.3 Å². The fourth-order valence-electron chi connectivity index (χ4n) is 3.64. The number of carbonyl (C=O) groups excluding carboxylic acids is 2. The Hall–Kier alpha value is -2.90. The molecule has 0 saturated carbocycles. The minimum atomic E-state index is -1.24. The average Bonchev–Trinajstić information content (AvgIpc) is 3.16. The quantitative estimate of drug-likeness (QED) is 0.477. The Labute approximate surface area is 193 Å². The van der Waals surface area contributed by atoms with Gasteiger partial charge in [-0.3, -0.25) is 4.79 Å². The topological polar surface area (TPSA) is 113 Å². The molecule has 0 aromatic heterocycles. The van der Waals surface area contributed by atoms with Gasteiger partial charge in [0.05, 0.1) is 19.8 Å². The number of ether oxygens (including phenoxy) is 5. The fraction of sp³-hybridized carbons (Fsp3) is 0.500. The minimum Gasteiger partial charge on any atom is -0.478 e. The molecule has 0 bridgehead atoms. The van der Waals surface area contributed by atoms with E-state index in [4.69, 9.17) is 23.7 Å². The normalized spacial score (nSPS) is 26.8. The van der Waals surface area contributed by atoms with Gasteiger partial charge in [-0.1, -0.05) is 30.0 Å². The van der Waals surface area contributed by atoms with Crippen molar-refractivity contribution >= 4 is 11.9 Å². The minimum absolute atomic E-state index is 0.0134. The van der Waals surface area contributed by atoms with Gasteiger partial charge in [-0.2, -0.15) is 0 Å². The standard InChI is InChI=1S/C24H29NO8/c1-15(26)25-20-17(30-12-8-11-16-9-6-5-7-10-16)13-18(23(28)29-4)32-22(20)21(27)19-14-31-24(2,3)33-19/h5-7,9-10,13,17,19-22,27H,12,14H2,1-4H3,(H,25,26)/t17-,19+,20+,21+,22+/m0/s1. The molecule has 5 atom stereocenters. The third-order valence-electron chi connectivity index (χ3n) is 5.15. The van der Waals surface area contributed by atoms with Crippen molar-refractivity contribution in [1.82, 2.24) is 5.32 Å². The predicted octanol–water partition coefficient (Wildman–Crippen LogP) is 0.896. The van der Waals surface area contributed by atoms with Crippen LogP contribution in [0.5, 0.6) is 0 Å². The van der Waals surface area contributed by atoms with Gasteiger partial charge in [0, 0.05) is 12.5 Å².